The van der Waals surface area contributed by atoms with Crippen LogP contribution in [0.5, 0.6) is 0 Å². The Morgan fingerprint density at radius 2 is 2.31 bits per heavy atom. The molecule has 1 aromatic carbocycles. The third-order valence-electron chi connectivity index (χ3n) is 2.78. The number of halogens is 1. The molecule has 2 unspecified atom stereocenters. The number of aryl methyl sites for hydroxylation is 1. The predicted molar refractivity (Wildman–Crippen MR) is 49.1 cm³/mol. The van der Waals surface area contributed by atoms with Gasteiger partial charge in [-0.1, -0.05) is 12.1 Å². The van der Waals surface area contributed by atoms with E-state index >= 15 is 0 Å². The van der Waals surface area contributed by atoms with Crippen molar-refractivity contribution in [2.24, 2.45) is 5.92 Å². The number of benzene rings is 1. The van der Waals surface area contributed by atoms with Crippen LogP contribution in [0.3, 0.4) is 0 Å². The summed E-state index contributed by atoms with van der Waals surface area (Å²) in [7, 11) is 0. The normalized spacial score (nSPS) is 26.1. The summed E-state index contributed by atoms with van der Waals surface area (Å²) in [6, 6.07) is 5.35. The predicted octanol–water partition coefficient (Wildman–Crippen LogP) is 2.23. The largest absolute Gasteiger partial charge is 0.396 e. The Bertz CT molecular complexity index is 322. The summed E-state index contributed by atoms with van der Waals surface area (Å²) in [6.07, 6.45) is 0.999. The van der Waals surface area contributed by atoms with Crippen molar-refractivity contribution in [1.82, 2.24) is 0 Å². The van der Waals surface area contributed by atoms with Crippen molar-refractivity contribution in [2.75, 3.05) is 6.61 Å². The number of rotatable bonds is 2. The van der Waals surface area contributed by atoms with Gasteiger partial charge < -0.3 is 5.11 Å². The van der Waals surface area contributed by atoms with E-state index in [1.807, 2.05) is 6.07 Å². The minimum absolute atomic E-state index is 0.138. The molecular weight excluding hydrogens is 167 g/mol. The standard InChI is InChI=1S/C11H13FO/c1-7-2-3-8(5-11(7)12)10-4-9(10)6-13/h2-3,5,9-10,13H,4,6H2,1H3. The fourth-order valence-electron chi connectivity index (χ4n) is 1.70. The van der Waals surface area contributed by atoms with Crippen LogP contribution in [0.2, 0.25) is 0 Å². The van der Waals surface area contributed by atoms with Gasteiger partial charge in [-0.2, -0.15) is 0 Å². The van der Waals surface area contributed by atoms with E-state index in [4.69, 9.17) is 5.11 Å². The monoisotopic (exact) mass is 180 g/mol. The molecule has 1 aromatic rings. The lowest BCUT2D eigenvalue weighted by atomic mass is 10.1. The van der Waals surface area contributed by atoms with Crippen LogP contribution in [-0.4, -0.2) is 11.7 Å². The highest BCUT2D eigenvalue weighted by Gasteiger charge is 2.37. The molecule has 0 amide bonds. The van der Waals surface area contributed by atoms with Gasteiger partial charge in [0.2, 0.25) is 0 Å². The lowest BCUT2D eigenvalue weighted by Gasteiger charge is -2.01. The molecule has 0 aromatic heterocycles. The molecule has 0 radical (unpaired) electrons. The maximum atomic E-state index is 13.1. The molecule has 0 spiro atoms. The molecule has 2 atom stereocenters. The summed E-state index contributed by atoms with van der Waals surface area (Å²) in [6.45, 7) is 1.98. The van der Waals surface area contributed by atoms with E-state index in [1.54, 1.807) is 19.1 Å². The van der Waals surface area contributed by atoms with E-state index in [0.717, 1.165) is 12.0 Å². The van der Waals surface area contributed by atoms with Crippen LogP contribution in [-0.2, 0) is 0 Å². The van der Waals surface area contributed by atoms with Crippen LogP contribution in [0.1, 0.15) is 23.5 Å². The summed E-state index contributed by atoms with van der Waals surface area (Å²) >= 11 is 0. The molecule has 0 heterocycles. The van der Waals surface area contributed by atoms with Crippen molar-refractivity contribution in [3.63, 3.8) is 0 Å². The molecule has 2 rings (SSSR count). The second-order valence-electron chi connectivity index (χ2n) is 3.79. The van der Waals surface area contributed by atoms with E-state index in [9.17, 15) is 4.39 Å². The third-order valence-corrected chi connectivity index (χ3v) is 2.78. The van der Waals surface area contributed by atoms with Crippen LogP contribution in [0, 0.1) is 18.7 Å². The average Bonchev–Trinajstić information content (AvgIpc) is 2.88. The van der Waals surface area contributed by atoms with Gasteiger partial charge in [0.1, 0.15) is 5.82 Å². The molecular formula is C11H13FO. The maximum Gasteiger partial charge on any atom is 0.126 e. The molecule has 1 nitrogen and oxygen atoms in total. The molecule has 2 heteroatoms. The van der Waals surface area contributed by atoms with E-state index in [2.05, 4.69) is 0 Å². The molecule has 0 bridgehead atoms. The second-order valence-corrected chi connectivity index (χ2v) is 3.79. The molecule has 1 aliphatic rings. The van der Waals surface area contributed by atoms with Crippen LogP contribution in [0.25, 0.3) is 0 Å². The van der Waals surface area contributed by atoms with Gasteiger partial charge in [0, 0.05) is 6.61 Å². The Morgan fingerprint density at radius 1 is 1.54 bits per heavy atom. The summed E-state index contributed by atoms with van der Waals surface area (Å²) in [5, 5.41) is 8.87. The number of aliphatic hydroxyl groups excluding tert-OH is 1. The number of aliphatic hydroxyl groups is 1. The Labute approximate surface area is 77.2 Å². The Kier molecular flexibility index (Phi) is 2.08. The van der Waals surface area contributed by atoms with Gasteiger partial charge in [-0.3, -0.25) is 0 Å². The number of hydrogen-bond acceptors (Lipinski definition) is 1. The Morgan fingerprint density at radius 3 is 2.85 bits per heavy atom. The lowest BCUT2D eigenvalue weighted by molar-refractivity contribution is 0.274. The van der Waals surface area contributed by atoms with Gasteiger partial charge in [0.15, 0.2) is 0 Å². The van der Waals surface area contributed by atoms with E-state index in [0.29, 0.717) is 17.4 Å². The lowest BCUT2D eigenvalue weighted by Crippen LogP contribution is -1.90. The van der Waals surface area contributed by atoms with E-state index in [-0.39, 0.29) is 12.4 Å². The average molecular weight is 180 g/mol. The van der Waals surface area contributed by atoms with Gasteiger partial charge >= 0.3 is 0 Å². The quantitative estimate of drug-likeness (QED) is 0.740. The van der Waals surface area contributed by atoms with Gasteiger partial charge in [0.25, 0.3) is 0 Å². The number of hydrogen-bond donors (Lipinski definition) is 1. The van der Waals surface area contributed by atoms with Crippen molar-refractivity contribution in [3.8, 4) is 0 Å². The summed E-state index contributed by atoms with van der Waals surface area (Å²) in [5.74, 6) is 0.614. The molecule has 1 N–H and O–H groups in total. The zero-order chi connectivity index (χ0) is 9.42. The smallest absolute Gasteiger partial charge is 0.126 e. The minimum atomic E-state index is -0.138. The van der Waals surface area contributed by atoms with Crippen molar-refractivity contribution in [2.45, 2.75) is 19.3 Å². The zero-order valence-electron chi connectivity index (χ0n) is 7.63. The first-order valence-corrected chi connectivity index (χ1v) is 4.59. The fourth-order valence-corrected chi connectivity index (χ4v) is 1.70. The first-order valence-electron chi connectivity index (χ1n) is 4.59. The van der Waals surface area contributed by atoms with Crippen molar-refractivity contribution in [3.05, 3.63) is 35.1 Å². The molecule has 1 aliphatic carbocycles. The summed E-state index contributed by atoms with van der Waals surface area (Å²) < 4.78 is 13.1. The van der Waals surface area contributed by atoms with Crippen molar-refractivity contribution >= 4 is 0 Å². The third kappa shape index (κ3) is 1.59. The van der Waals surface area contributed by atoms with Crippen molar-refractivity contribution in [1.29, 1.82) is 0 Å². The van der Waals surface area contributed by atoms with Gasteiger partial charge in [0.05, 0.1) is 0 Å². The molecule has 1 saturated carbocycles. The van der Waals surface area contributed by atoms with E-state index in [1.165, 1.54) is 0 Å². The molecule has 0 aliphatic heterocycles. The van der Waals surface area contributed by atoms with Crippen LogP contribution >= 0.6 is 0 Å². The van der Waals surface area contributed by atoms with Gasteiger partial charge in [-0.05, 0) is 42.4 Å². The highest BCUT2D eigenvalue weighted by Crippen LogP contribution is 2.47. The first kappa shape index (κ1) is 8.70. The van der Waals surface area contributed by atoms with Crippen LogP contribution in [0.4, 0.5) is 4.39 Å². The minimum Gasteiger partial charge on any atom is -0.396 e. The van der Waals surface area contributed by atoms with Crippen molar-refractivity contribution < 1.29 is 9.50 Å². The maximum absolute atomic E-state index is 13.1. The van der Waals surface area contributed by atoms with Crippen LogP contribution < -0.4 is 0 Å². The Balaban J connectivity index is 2.19. The molecule has 0 saturated heterocycles. The molecule has 70 valence electrons. The second kappa shape index (κ2) is 3.11. The highest BCUT2D eigenvalue weighted by molar-refractivity contribution is 5.30. The van der Waals surface area contributed by atoms with Crippen LogP contribution in [0.15, 0.2) is 18.2 Å². The first-order chi connectivity index (χ1) is 6.22. The SMILES string of the molecule is Cc1ccc(C2CC2CO)cc1F. The highest BCUT2D eigenvalue weighted by atomic mass is 19.1. The van der Waals surface area contributed by atoms with Gasteiger partial charge in [-0.25, -0.2) is 4.39 Å². The summed E-state index contributed by atoms with van der Waals surface area (Å²) in [4.78, 5) is 0. The van der Waals surface area contributed by atoms with Gasteiger partial charge in [-0.15, -0.1) is 0 Å². The fraction of sp³-hybridized carbons (Fsp3) is 0.455. The molecule has 1 fully saturated rings. The van der Waals surface area contributed by atoms with E-state index < -0.39 is 0 Å². The molecule has 13 heavy (non-hydrogen) atoms. The zero-order valence-corrected chi connectivity index (χ0v) is 7.63. The Hall–Kier alpha value is -0.890. The summed E-state index contributed by atoms with van der Waals surface area (Å²) in [5.41, 5.74) is 1.71. The topological polar surface area (TPSA) is 20.2 Å².